The number of carbonyl (C=O) groups excluding carboxylic acids is 1. The molecule has 1 aliphatic rings. The van der Waals surface area contributed by atoms with Crippen molar-refractivity contribution in [2.24, 2.45) is 10.1 Å². The van der Waals surface area contributed by atoms with Crippen molar-refractivity contribution in [1.82, 2.24) is 14.6 Å². The van der Waals surface area contributed by atoms with Crippen LogP contribution in [0.25, 0.3) is 28.5 Å². The molecular formula is C29H25N5O. The lowest BCUT2D eigenvalue weighted by Crippen LogP contribution is -2.27. The van der Waals surface area contributed by atoms with E-state index in [0.29, 0.717) is 17.8 Å². The Hall–Kier alpha value is -4.45. The van der Waals surface area contributed by atoms with E-state index in [9.17, 15) is 4.79 Å². The van der Waals surface area contributed by atoms with E-state index in [1.165, 1.54) is 0 Å². The molecule has 3 heterocycles. The Bertz CT molecular complexity index is 1480. The maximum atomic E-state index is 11.2. The molecule has 0 saturated heterocycles. The van der Waals surface area contributed by atoms with Crippen LogP contribution in [-0.2, 0) is 0 Å². The summed E-state index contributed by atoms with van der Waals surface area (Å²) in [6.07, 6.45) is 7.29. The van der Waals surface area contributed by atoms with Gasteiger partial charge in [0.1, 0.15) is 6.29 Å². The van der Waals surface area contributed by atoms with Crippen LogP contribution >= 0.6 is 0 Å². The molecule has 172 valence electrons. The first-order chi connectivity index (χ1) is 17.1. The molecule has 35 heavy (non-hydrogen) atoms. The smallest absolute Gasteiger partial charge is 0.161 e. The highest BCUT2D eigenvalue weighted by atomic mass is 16.1. The third-order valence-electron chi connectivity index (χ3n) is 5.63. The molecule has 2 aromatic carbocycles. The van der Waals surface area contributed by atoms with E-state index < -0.39 is 0 Å². The third kappa shape index (κ3) is 4.64. The second kappa shape index (κ2) is 9.81. The summed E-state index contributed by atoms with van der Waals surface area (Å²) in [4.78, 5) is 25.9. The third-order valence-corrected chi connectivity index (χ3v) is 5.63. The summed E-state index contributed by atoms with van der Waals surface area (Å²) in [7, 11) is 0. The van der Waals surface area contributed by atoms with Gasteiger partial charge in [0.15, 0.2) is 11.3 Å². The Labute approximate surface area is 204 Å². The molecule has 0 unspecified atom stereocenters. The van der Waals surface area contributed by atoms with Crippen molar-refractivity contribution >= 4 is 18.1 Å². The molecule has 5 rings (SSSR count). The molecule has 0 bridgehead atoms. The Morgan fingerprint density at radius 2 is 1.71 bits per heavy atom. The van der Waals surface area contributed by atoms with Crippen LogP contribution in [0, 0.1) is 0 Å². The second-order valence-corrected chi connectivity index (χ2v) is 8.53. The number of allylic oxidation sites excluding steroid dienone is 1. The molecule has 6 heteroatoms. The Morgan fingerprint density at radius 1 is 0.943 bits per heavy atom. The fraction of sp³-hybridized carbons (Fsp3) is 0.138. The number of aromatic nitrogens is 3. The van der Waals surface area contributed by atoms with Crippen LogP contribution in [0.1, 0.15) is 42.1 Å². The second-order valence-electron chi connectivity index (χ2n) is 8.53. The minimum absolute atomic E-state index is 0.0301. The normalized spacial score (nSPS) is 13.3. The number of rotatable bonds is 5. The van der Waals surface area contributed by atoms with Gasteiger partial charge in [0.05, 0.1) is 22.7 Å². The van der Waals surface area contributed by atoms with E-state index in [1.54, 1.807) is 6.20 Å². The first kappa shape index (κ1) is 22.3. The van der Waals surface area contributed by atoms with Gasteiger partial charge in [-0.1, -0.05) is 66.7 Å². The van der Waals surface area contributed by atoms with Gasteiger partial charge in [0, 0.05) is 29.8 Å². The van der Waals surface area contributed by atoms with Crippen molar-refractivity contribution in [3.05, 3.63) is 108 Å². The minimum atomic E-state index is 0.0301. The zero-order valence-electron chi connectivity index (χ0n) is 19.7. The molecular weight excluding hydrogens is 434 g/mol. The number of pyridine rings is 1. The summed E-state index contributed by atoms with van der Waals surface area (Å²) in [5, 5.41) is 5.02. The monoisotopic (exact) mass is 459 g/mol. The Balaban J connectivity index is 1.87. The van der Waals surface area contributed by atoms with Gasteiger partial charge in [0.2, 0.25) is 0 Å². The van der Waals surface area contributed by atoms with E-state index in [4.69, 9.17) is 15.1 Å². The first-order valence-corrected chi connectivity index (χ1v) is 11.6. The van der Waals surface area contributed by atoms with Crippen molar-refractivity contribution in [1.29, 1.82) is 0 Å². The summed E-state index contributed by atoms with van der Waals surface area (Å²) in [6.45, 7) is 4.10. The molecule has 0 fully saturated rings. The average Bonchev–Trinajstić information content (AvgIpc) is 3.12. The zero-order chi connectivity index (χ0) is 24.2. The van der Waals surface area contributed by atoms with Crippen LogP contribution in [0.2, 0.25) is 0 Å². The van der Waals surface area contributed by atoms with E-state index in [0.717, 1.165) is 45.6 Å². The maximum Gasteiger partial charge on any atom is 0.161 e. The number of fused-ring (bicyclic) bond motifs is 1. The Kier molecular flexibility index (Phi) is 6.26. The van der Waals surface area contributed by atoms with Crippen LogP contribution in [0.5, 0.6) is 0 Å². The molecule has 0 spiro atoms. The summed E-state index contributed by atoms with van der Waals surface area (Å²) >= 11 is 0. The summed E-state index contributed by atoms with van der Waals surface area (Å²) in [5.41, 5.74) is 6.59. The average molecular weight is 460 g/mol. The van der Waals surface area contributed by atoms with Crippen LogP contribution in [0.3, 0.4) is 0 Å². The van der Waals surface area contributed by atoms with Gasteiger partial charge in [-0.25, -0.2) is 4.98 Å². The van der Waals surface area contributed by atoms with Gasteiger partial charge >= 0.3 is 0 Å². The maximum absolute atomic E-state index is 11.2. The van der Waals surface area contributed by atoms with Gasteiger partial charge in [-0.05, 0) is 37.6 Å². The molecule has 2 aromatic heterocycles. The molecule has 0 amide bonds. The molecule has 1 aliphatic heterocycles. The number of hydrogen-bond donors (Lipinski definition) is 0. The largest absolute Gasteiger partial charge is 0.298 e. The number of aldehydes is 1. The van der Waals surface area contributed by atoms with E-state index >= 15 is 0 Å². The van der Waals surface area contributed by atoms with Crippen LogP contribution in [0.15, 0.2) is 95.2 Å². The molecule has 0 atom stereocenters. The van der Waals surface area contributed by atoms with E-state index in [-0.39, 0.29) is 6.04 Å². The lowest BCUT2D eigenvalue weighted by Gasteiger charge is -2.16. The van der Waals surface area contributed by atoms with Crippen molar-refractivity contribution in [3.8, 4) is 22.4 Å². The first-order valence-electron chi connectivity index (χ1n) is 11.6. The summed E-state index contributed by atoms with van der Waals surface area (Å²) in [6, 6.07) is 23.5. The molecule has 6 nitrogen and oxygen atoms in total. The molecule has 0 radical (unpaired) electrons. The molecule has 0 N–H and O–H groups in total. The van der Waals surface area contributed by atoms with Crippen molar-refractivity contribution in [2.75, 3.05) is 0 Å². The number of carbonyl (C=O) groups is 1. The molecule has 4 aromatic rings. The van der Waals surface area contributed by atoms with Gasteiger partial charge in [-0.2, -0.15) is 9.78 Å². The minimum Gasteiger partial charge on any atom is -0.298 e. The van der Waals surface area contributed by atoms with Crippen LogP contribution in [0.4, 0.5) is 0 Å². The summed E-state index contributed by atoms with van der Waals surface area (Å²) < 4.78 is 1.83. The standard InChI is InChI=1S/C29H25N5O/c1-20(2)31-29-27(22-9-4-3-5-10-22)28(23-16-14-21(19-35)15-17-23)32-26-13-8-12-25(33-34(26)29)24-11-6-7-18-30-24/h3-11,13-20H,12H2,1-2H3. The van der Waals surface area contributed by atoms with Gasteiger partial charge in [-0.15, -0.1) is 0 Å². The van der Waals surface area contributed by atoms with Gasteiger partial charge < -0.3 is 0 Å². The molecule has 0 aliphatic carbocycles. The highest BCUT2D eigenvalue weighted by Crippen LogP contribution is 2.29. The van der Waals surface area contributed by atoms with Gasteiger partial charge in [-0.3, -0.25) is 14.8 Å². The van der Waals surface area contributed by atoms with E-state index in [2.05, 4.69) is 37.0 Å². The van der Waals surface area contributed by atoms with Crippen LogP contribution in [-0.4, -0.2) is 32.7 Å². The highest BCUT2D eigenvalue weighted by molar-refractivity contribution is 6.00. The van der Waals surface area contributed by atoms with Gasteiger partial charge in [0.25, 0.3) is 0 Å². The predicted molar refractivity (Wildman–Crippen MR) is 139 cm³/mol. The molecule has 0 saturated carbocycles. The topological polar surface area (TPSA) is 72.5 Å². The Morgan fingerprint density at radius 3 is 2.40 bits per heavy atom. The van der Waals surface area contributed by atoms with Crippen LogP contribution < -0.4 is 5.49 Å². The van der Waals surface area contributed by atoms with Crippen molar-refractivity contribution in [3.63, 3.8) is 0 Å². The zero-order valence-corrected chi connectivity index (χ0v) is 19.7. The SMILES string of the molecule is CC(C)N=c1c(-c2ccccc2)c(-c2ccc(C=O)cc2)nc2n1N=C(c1ccccn1)CC=C2. The summed E-state index contributed by atoms with van der Waals surface area (Å²) in [5.74, 6) is 0.685. The number of benzene rings is 2. The highest BCUT2D eigenvalue weighted by Gasteiger charge is 2.20. The van der Waals surface area contributed by atoms with E-state index in [1.807, 2.05) is 71.4 Å². The lowest BCUT2D eigenvalue weighted by atomic mass is 9.99. The fourth-order valence-electron chi connectivity index (χ4n) is 4.03. The number of hydrogen-bond acceptors (Lipinski definition) is 5. The quantitative estimate of drug-likeness (QED) is 0.375. The fourth-order valence-corrected chi connectivity index (χ4v) is 4.03. The number of nitrogens with zero attached hydrogens (tertiary/aromatic N) is 5. The predicted octanol–water partition coefficient (Wildman–Crippen LogP) is 5.40. The lowest BCUT2D eigenvalue weighted by molar-refractivity contribution is 0.112. The van der Waals surface area contributed by atoms with Crippen molar-refractivity contribution < 1.29 is 4.79 Å². The van der Waals surface area contributed by atoms with Crippen molar-refractivity contribution in [2.45, 2.75) is 26.3 Å².